The third-order valence-electron chi connectivity index (χ3n) is 5.53. The van der Waals surface area contributed by atoms with Gasteiger partial charge >= 0.3 is 0 Å². The number of nitrogen functional groups attached to an aromatic ring is 1. The van der Waals surface area contributed by atoms with Gasteiger partial charge in [-0.15, -0.1) is 0 Å². The quantitative estimate of drug-likeness (QED) is 0.812. The number of aliphatic imine (C=N–C) groups is 1. The number of aliphatic hydroxyl groups is 1. The number of hydrogen-bond donors (Lipinski definition) is 2. The van der Waals surface area contributed by atoms with Crippen LogP contribution in [0.25, 0.3) is 0 Å². The summed E-state index contributed by atoms with van der Waals surface area (Å²) in [6.07, 6.45) is 2.12. The Labute approximate surface area is 159 Å². The molecule has 0 saturated heterocycles. The van der Waals surface area contributed by atoms with E-state index in [4.69, 9.17) is 20.2 Å². The molecule has 2 aromatic rings. The predicted molar refractivity (Wildman–Crippen MR) is 107 cm³/mol. The molecule has 0 amide bonds. The van der Waals surface area contributed by atoms with Crippen molar-refractivity contribution in [1.82, 2.24) is 0 Å². The maximum Gasteiger partial charge on any atom is 0.161 e. The number of fused-ring (bicyclic) bond motifs is 3. The molecule has 3 N–H and O–H groups in total. The van der Waals surface area contributed by atoms with Crippen LogP contribution in [-0.2, 0) is 0 Å². The maximum absolute atomic E-state index is 10.2. The summed E-state index contributed by atoms with van der Waals surface area (Å²) in [5, 5.41) is 10.2. The van der Waals surface area contributed by atoms with E-state index >= 15 is 0 Å². The third-order valence-corrected chi connectivity index (χ3v) is 5.53. The largest absolute Gasteiger partial charge is 0.493 e. The maximum atomic E-state index is 10.2. The Morgan fingerprint density at radius 1 is 1.19 bits per heavy atom. The van der Waals surface area contributed by atoms with Gasteiger partial charge in [0.05, 0.1) is 31.6 Å². The number of methoxy groups -OCH3 is 1. The molecule has 4 rings (SSSR count). The van der Waals surface area contributed by atoms with Gasteiger partial charge in [0.2, 0.25) is 0 Å². The van der Waals surface area contributed by atoms with Gasteiger partial charge in [0.25, 0.3) is 0 Å². The van der Waals surface area contributed by atoms with Crippen molar-refractivity contribution in [2.75, 3.05) is 19.5 Å². The summed E-state index contributed by atoms with van der Waals surface area (Å²) < 4.78 is 11.4. The molecule has 0 radical (unpaired) electrons. The lowest BCUT2D eigenvalue weighted by Gasteiger charge is -2.37. The Bertz CT molecular complexity index is 878. The zero-order valence-corrected chi connectivity index (χ0v) is 15.8. The van der Waals surface area contributed by atoms with Gasteiger partial charge in [-0.1, -0.05) is 12.1 Å². The fraction of sp³-hybridized carbons (Fsp3) is 0.409. The Balaban J connectivity index is 1.89. The van der Waals surface area contributed by atoms with Gasteiger partial charge in [-0.25, -0.2) is 0 Å². The first kappa shape index (κ1) is 17.9. The lowest BCUT2D eigenvalue weighted by molar-refractivity contribution is 0.111. The van der Waals surface area contributed by atoms with Gasteiger partial charge in [0.15, 0.2) is 11.5 Å². The van der Waals surface area contributed by atoms with Crippen LogP contribution in [-0.4, -0.2) is 36.7 Å². The van der Waals surface area contributed by atoms with E-state index in [1.807, 2.05) is 37.3 Å². The highest BCUT2D eigenvalue weighted by Gasteiger charge is 2.37. The second kappa shape index (κ2) is 7.24. The van der Waals surface area contributed by atoms with Gasteiger partial charge in [-0.2, -0.15) is 0 Å². The van der Waals surface area contributed by atoms with Gasteiger partial charge < -0.3 is 20.3 Å². The molecule has 27 heavy (non-hydrogen) atoms. The molecule has 2 aromatic carbocycles. The Morgan fingerprint density at radius 2 is 2.04 bits per heavy atom. The minimum absolute atomic E-state index is 0.0700. The van der Waals surface area contributed by atoms with Crippen molar-refractivity contribution in [3.05, 3.63) is 53.1 Å². The second-order valence-corrected chi connectivity index (χ2v) is 7.27. The summed E-state index contributed by atoms with van der Waals surface area (Å²) in [5.41, 5.74) is 10.9. The molecule has 0 aromatic heterocycles. The molecule has 5 nitrogen and oxygen atoms in total. The SMILES string of the molecule is CCOc1cc2c(cc1OC)C(c1cccc(N)c1)=NC1CC(O)CCC21. The summed E-state index contributed by atoms with van der Waals surface area (Å²) >= 11 is 0. The number of rotatable bonds is 4. The lowest BCUT2D eigenvalue weighted by Crippen LogP contribution is -2.34. The summed E-state index contributed by atoms with van der Waals surface area (Å²) in [6.45, 7) is 2.55. The average molecular weight is 366 g/mol. The van der Waals surface area contributed by atoms with Crippen molar-refractivity contribution in [3.8, 4) is 11.5 Å². The molecule has 2 aliphatic rings. The van der Waals surface area contributed by atoms with Crippen molar-refractivity contribution in [1.29, 1.82) is 0 Å². The molecule has 1 aliphatic heterocycles. The molecule has 0 bridgehead atoms. The van der Waals surface area contributed by atoms with Crippen LogP contribution < -0.4 is 15.2 Å². The molecule has 1 aliphatic carbocycles. The van der Waals surface area contributed by atoms with Crippen molar-refractivity contribution < 1.29 is 14.6 Å². The minimum atomic E-state index is -0.289. The summed E-state index contributed by atoms with van der Waals surface area (Å²) in [5.74, 6) is 1.76. The Kier molecular flexibility index (Phi) is 4.79. The van der Waals surface area contributed by atoms with Crippen LogP contribution in [0.1, 0.15) is 48.8 Å². The lowest BCUT2D eigenvalue weighted by atomic mass is 9.74. The number of aliphatic hydroxyl groups excluding tert-OH is 1. The molecular weight excluding hydrogens is 340 g/mol. The Morgan fingerprint density at radius 3 is 2.78 bits per heavy atom. The number of benzene rings is 2. The van der Waals surface area contributed by atoms with Crippen LogP contribution >= 0.6 is 0 Å². The topological polar surface area (TPSA) is 77.1 Å². The molecule has 142 valence electrons. The van der Waals surface area contributed by atoms with Crippen LogP contribution in [0.2, 0.25) is 0 Å². The monoisotopic (exact) mass is 366 g/mol. The van der Waals surface area contributed by atoms with Crippen LogP contribution in [0.15, 0.2) is 41.4 Å². The number of hydrogen-bond acceptors (Lipinski definition) is 5. The fourth-order valence-corrected chi connectivity index (χ4v) is 4.30. The first-order valence-electron chi connectivity index (χ1n) is 9.57. The molecular formula is C22H26N2O3. The first-order valence-corrected chi connectivity index (χ1v) is 9.57. The van der Waals surface area contributed by atoms with Crippen LogP contribution in [0.5, 0.6) is 11.5 Å². The van der Waals surface area contributed by atoms with Gasteiger partial charge in [0, 0.05) is 22.7 Å². The van der Waals surface area contributed by atoms with E-state index in [1.165, 1.54) is 5.56 Å². The molecule has 1 heterocycles. The predicted octanol–water partition coefficient (Wildman–Crippen LogP) is 3.52. The summed E-state index contributed by atoms with van der Waals surface area (Å²) in [7, 11) is 1.66. The Hall–Kier alpha value is -2.53. The zero-order valence-electron chi connectivity index (χ0n) is 15.8. The number of ether oxygens (including phenoxy) is 2. The van der Waals surface area contributed by atoms with Crippen LogP contribution in [0, 0.1) is 0 Å². The van der Waals surface area contributed by atoms with E-state index in [0.29, 0.717) is 30.4 Å². The van der Waals surface area contributed by atoms with Crippen molar-refractivity contribution >= 4 is 11.4 Å². The first-order chi connectivity index (χ1) is 13.1. The van der Waals surface area contributed by atoms with Gasteiger partial charge in [0.1, 0.15) is 0 Å². The van der Waals surface area contributed by atoms with E-state index in [-0.39, 0.29) is 12.1 Å². The molecule has 0 spiro atoms. The zero-order chi connectivity index (χ0) is 19.0. The molecule has 3 unspecified atom stereocenters. The van der Waals surface area contributed by atoms with Gasteiger partial charge in [-0.05, 0) is 56.0 Å². The standard InChI is InChI=1S/C22H26N2O3/c1-3-27-21-11-17-16-8-7-15(25)10-19(16)24-22(18(17)12-20(21)26-2)13-5-4-6-14(23)9-13/h4-6,9,11-12,15-16,19,25H,3,7-8,10,23H2,1-2H3. The van der Waals surface area contributed by atoms with Crippen molar-refractivity contribution in [2.24, 2.45) is 4.99 Å². The second-order valence-electron chi connectivity index (χ2n) is 7.27. The van der Waals surface area contributed by atoms with E-state index in [2.05, 4.69) is 6.07 Å². The van der Waals surface area contributed by atoms with E-state index in [9.17, 15) is 5.11 Å². The van der Waals surface area contributed by atoms with Crippen LogP contribution in [0.3, 0.4) is 0 Å². The highest BCUT2D eigenvalue weighted by molar-refractivity contribution is 6.15. The highest BCUT2D eigenvalue weighted by Crippen LogP contribution is 2.45. The average Bonchev–Trinajstić information content (AvgIpc) is 2.67. The highest BCUT2D eigenvalue weighted by atomic mass is 16.5. The molecule has 5 heteroatoms. The van der Waals surface area contributed by atoms with Crippen molar-refractivity contribution in [2.45, 2.75) is 44.2 Å². The minimum Gasteiger partial charge on any atom is -0.493 e. The number of anilines is 1. The third kappa shape index (κ3) is 3.28. The smallest absolute Gasteiger partial charge is 0.161 e. The number of nitrogens with zero attached hydrogens (tertiary/aromatic N) is 1. The normalized spacial score (nSPS) is 23.8. The molecule has 1 fully saturated rings. The van der Waals surface area contributed by atoms with Crippen LogP contribution in [0.4, 0.5) is 5.69 Å². The summed E-state index contributed by atoms with van der Waals surface area (Å²) in [4.78, 5) is 5.06. The number of nitrogens with two attached hydrogens (primary N) is 1. The fourth-order valence-electron chi connectivity index (χ4n) is 4.30. The summed E-state index contributed by atoms with van der Waals surface area (Å²) in [6, 6.07) is 12.0. The van der Waals surface area contributed by atoms with E-state index < -0.39 is 0 Å². The molecule has 1 saturated carbocycles. The molecule has 3 atom stereocenters. The van der Waals surface area contributed by atoms with Crippen molar-refractivity contribution in [3.63, 3.8) is 0 Å². The van der Waals surface area contributed by atoms with Gasteiger partial charge in [-0.3, -0.25) is 4.99 Å². The van der Waals surface area contributed by atoms with E-state index in [1.54, 1.807) is 7.11 Å². The van der Waals surface area contributed by atoms with E-state index in [0.717, 1.165) is 35.4 Å².